The predicted octanol–water partition coefficient (Wildman–Crippen LogP) is 12.7. The SMILES string of the molecule is CCCCCCCCCCc1ccc(OC(F)(F)c2c(F)c[c]c(Oc3ccc(CCCCCCCCC)cc3)c2F)cc1. The lowest BCUT2D eigenvalue weighted by molar-refractivity contribution is -0.189. The van der Waals surface area contributed by atoms with Crippen LogP contribution in [0.3, 0.4) is 0 Å². The van der Waals surface area contributed by atoms with Crippen molar-refractivity contribution in [1.29, 1.82) is 0 Å². The molecule has 241 valence electrons. The molecule has 0 atom stereocenters. The molecule has 0 aliphatic heterocycles. The average molecular weight is 614 g/mol. The highest BCUT2D eigenvalue weighted by molar-refractivity contribution is 5.38. The van der Waals surface area contributed by atoms with Crippen LogP contribution in [0, 0.1) is 17.7 Å². The van der Waals surface area contributed by atoms with Crippen molar-refractivity contribution in [3.05, 3.63) is 89.0 Å². The summed E-state index contributed by atoms with van der Waals surface area (Å²) in [6, 6.07) is 16.2. The summed E-state index contributed by atoms with van der Waals surface area (Å²) in [5.41, 5.74) is 0.603. The van der Waals surface area contributed by atoms with Gasteiger partial charge in [-0.05, 0) is 67.1 Å². The molecule has 2 nitrogen and oxygen atoms in total. The summed E-state index contributed by atoms with van der Waals surface area (Å²) in [5, 5.41) is 0. The molecule has 0 saturated heterocycles. The number of halogens is 4. The van der Waals surface area contributed by atoms with Gasteiger partial charge in [-0.1, -0.05) is 122 Å². The van der Waals surface area contributed by atoms with Crippen LogP contribution in [0.2, 0.25) is 0 Å². The minimum Gasteiger partial charge on any atom is -0.454 e. The normalized spacial score (nSPS) is 11.6. The number of alkyl halides is 2. The molecular formula is C38H49F4O2. The molecule has 0 fully saturated rings. The maximum Gasteiger partial charge on any atom is 0.432 e. The molecule has 0 aromatic heterocycles. The van der Waals surface area contributed by atoms with E-state index in [1.54, 1.807) is 24.3 Å². The average Bonchev–Trinajstić information content (AvgIpc) is 3.01. The first-order valence-electron chi connectivity index (χ1n) is 16.7. The maximum atomic E-state index is 15.2. The van der Waals surface area contributed by atoms with Gasteiger partial charge in [-0.3, -0.25) is 0 Å². The van der Waals surface area contributed by atoms with E-state index in [1.165, 1.54) is 89.2 Å². The van der Waals surface area contributed by atoms with Crippen molar-refractivity contribution in [3.8, 4) is 17.2 Å². The summed E-state index contributed by atoms with van der Waals surface area (Å²) in [7, 11) is 0. The Morgan fingerprint density at radius 1 is 0.591 bits per heavy atom. The van der Waals surface area contributed by atoms with Crippen LogP contribution >= 0.6 is 0 Å². The molecule has 0 aliphatic carbocycles. The molecule has 44 heavy (non-hydrogen) atoms. The van der Waals surface area contributed by atoms with Crippen molar-refractivity contribution in [2.75, 3.05) is 0 Å². The van der Waals surface area contributed by atoms with Gasteiger partial charge >= 0.3 is 6.11 Å². The van der Waals surface area contributed by atoms with E-state index in [0.29, 0.717) is 6.07 Å². The van der Waals surface area contributed by atoms with E-state index in [9.17, 15) is 4.39 Å². The van der Waals surface area contributed by atoms with E-state index >= 15 is 13.2 Å². The summed E-state index contributed by atoms with van der Waals surface area (Å²) in [4.78, 5) is 0. The monoisotopic (exact) mass is 613 g/mol. The second-order valence-electron chi connectivity index (χ2n) is 11.8. The third-order valence-corrected chi connectivity index (χ3v) is 7.98. The summed E-state index contributed by atoms with van der Waals surface area (Å²) >= 11 is 0. The van der Waals surface area contributed by atoms with E-state index in [2.05, 4.69) is 19.9 Å². The summed E-state index contributed by atoms with van der Waals surface area (Å²) in [5.74, 6) is -3.56. The van der Waals surface area contributed by atoms with E-state index < -0.39 is 29.1 Å². The van der Waals surface area contributed by atoms with Gasteiger partial charge < -0.3 is 9.47 Å². The Morgan fingerprint density at radius 2 is 1.02 bits per heavy atom. The number of hydrogen-bond acceptors (Lipinski definition) is 2. The van der Waals surface area contributed by atoms with Crippen molar-refractivity contribution in [1.82, 2.24) is 0 Å². The zero-order chi connectivity index (χ0) is 31.6. The third-order valence-electron chi connectivity index (χ3n) is 7.98. The standard InChI is InChI=1S/C38H49F4O2/c1-3-5-7-9-11-13-15-17-19-31-22-26-33(27-23-31)44-38(41,42)36-34(39)28-29-35(37(36)40)43-32-24-20-30(21-25-32)18-16-14-12-10-8-6-4-2/h20-28H,3-19H2,1-2H3. The van der Waals surface area contributed by atoms with Gasteiger partial charge in [0.15, 0.2) is 11.6 Å². The second-order valence-corrected chi connectivity index (χ2v) is 11.8. The fraction of sp³-hybridized carbons (Fsp3) is 0.526. The molecule has 3 aromatic rings. The van der Waals surface area contributed by atoms with Crippen LogP contribution in [0.4, 0.5) is 17.6 Å². The molecule has 3 rings (SSSR count). The number of ether oxygens (including phenoxy) is 2. The lowest BCUT2D eigenvalue weighted by Crippen LogP contribution is -2.25. The molecule has 0 N–H and O–H groups in total. The van der Waals surface area contributed by atoms with Gasteiger partial charge in [-0.2, -0.15) is 8.78 Å². The highest BCUT2D eigenvalue weighted by Gasteiger charge is 2.42. The fourth-order valence-electron chi connectivity index (χ4n) is 5.34. The highest BCUT2D eigenvalue weighted by atomic mass is 19.3. The molecule has 0 heterocycles. The Hall–Kier alpha value is -3.02. The molecule has 0 aliphatic rings. The van der Waals surface area contributed by atoms with Crippen LogP contribution in [-0.2, 0) is 19.0 Å². The van der Waals surface area contributed by atoms with Gasteiger partial charge in [0.1, 0.15) is 22.9 Å². The van der Waals surface area contributed by atoms with Crippen LogP contribution in [-0.4, -0.2) is 0 Å². The quantitative estimate of drug-likeness (QED) is 0.0829. The number of rotatable bonds is 22. The molecule has 0 spiro atoms. The summed E-state index contributed by atoms with van der Waals surface area (Å²) < 4.78 is 70.2. The molecule has 0 unspecified atom stereocenters. The molecule has 3 aromatic carbocycles. The van der Waals surface area contributed by atoms with E-state index in [0.717, 1.165) is 43.2 Å². The highest BCUT2D eigenvalue weighted by Crippen LogP contribution is 2.39. The van der Waals surface area contributed by atoms with Gasteiger partial charge in [-0.15, -0.1) is 0 Å². The first-order chi connectivity index (χ1) is 21.3. The van der Waals surface area contributed by atoms with E-state index in [4.69, 9.17) is 9.47 Å². The Balaban J connectivity index is 1.52. The largest absolute Gasteiger partial charge is 0.454 e. The Labute approximate surface area is 262 Å². The summed E-state index contributed by atoms with van der Waals surface area (Å²) in [6.07, 6.45) is 15.7. The van der Waals surface area contributed by atoms with Gasteiger partial charge in [0.25, 0.3) is 0 Å². The minimum atomic E-state index is -4.26. The molecule has 0 saturated carbocycles. The molecular weight excluding hydrogens is 564 g/mol. The van der Waals surface area contributed by atoms with Crippen molar-refractivity contribution in [3.63, 3.8) is 0 Å². The fourth-order valence-corrected chi connectivity index (χ4v) is 5.34. The molecule has 1 radical (unpaired) electrons. The van der Waals surface area contributed by atoms with Gasteiger partial charge in [0, 0.05) is 6.07 Å². The Bertz CT molecular complexity index is 1210. The van der Waals surface area contributed by atoms with Crippen LogP contribution in [0.25, 0.3) is 0 Å². The van der Waals surface area contributed by atoms with Crippen molar-refractivity contribution in [2.45, 2.75) is 129 Å². The molecule has 0 bridgehead atoms. The Morgan fingerprint density at radius 3 is 1.50 bits per heavy atom. The lowest BCUT2D eigenvalue weighted by Gasteiger charge is -2.20. The van der Waals surface area contributed by atoms with Crippen LogP contribution in [0.15, 0.2) is 54.6 Å². The van der Waals surface area contributed by atoms with E-state index in [1.807, 2.05) is 12.1 Å². The second kappa shape index (κ2) is 19.4. The number of unbranched alkanes of at least 4 members (excludes halogenated alkanes) is 13. The van der Waals surface area contributed by atoms with Crippen LogP contribution in [0.5, 0.6) is 17.2 Å². The zero-order valence-electron chi connectivity index (χ0n) is 26.5. The topological polar surface area (TPSA) is 18.5 Å². The van der Waals surface area contributed by atoms with Gasteiger partial charge in [0.05, 0.1) is 0 Å². The Kier molecular flexibility index (Phi) is 15.6. The van der Waals surface area contributed by atoms with Crippen molar-refractivity contribution >= 4 is 0 Å². The zero-order valence-corrected chi connectivity index (χ0v) is 26.5. The first-order valence-corrected chi connectivity index (χ1v) is 16.7. The number of hydrogen-bond donors (Lipinski definition) is 0. The third kappa shape index (κ3) is 12.2. The molecule has 0 amide bonds. The number of aryl methyl sites for hydroxylation is 2. The lowest BCUT2D eigenvalue weighted by atomic mass is 10.0. The minimum absolute atomic E-state index is 0.180. The van der Waals surface area contributed by atoms with Crippen molar-refractivity contribution in [2.24, 2.45) is 0 Å². The van der Waals surface area contributed by atoms with Crippen LogP contribution in [0.1, 0.15) is 127 Å². The molecule has 6 heteroatoms. The maximum absolute atomic E-state index is 15.2. The smallest absolute Gasteiger partial charge is 0.432 e. The van der Waals surface area contributed by atoms with Gasteiger partial charge in [0.2, 0.25) is 0 Å². The van der Waals surface area contributed by atoms with Gasteiger partial charge in [-0.25, -0.2) is 8.78 Å². The number of benzene rings is 3. The van der Waals surface area contributed by atoms with Crippen LogP contribution < -0.4 is 9.47 Å². The predicted molar refractivity (Wildman–Crippen MR) is 171 cm³/mol. The summed E-state index contributed by atoms with van der Waals surface area (Å²) in [6.45, 7) is 4.41. The van der Waals surface area contributed by atoms with E-state index in [-0.39, 0.29) is 11.5 Å². The van der Waals surface area contributed by atoms with Crippen molar-refractivity contribution < 1.29 is 27.0 Å². The first kappa shape index (κ1) is 35.5.